The van der Waals surface area contributed by atoms with Crippen LogP contribution in [0.2, 0.25) is 0 Å². The molecular formula is C22H16N2O2. The molecule has 2 amide bonds. The Labute approximate surface area is 151 Å². The van der Waals surface area contributed by atoms with E-state index < -0.39 is 5.41 Å². The average Bonchev–Trinajstić information content (AvgIpc) is 2.94. The highest BCUT2D eigenvalue weighted by Crippen LogP contribution is 2.53. The van der Waals surface area contributed by atoms with Gasteiger partial charge in [-0.05, 0) is 17.2 Å². The smallest absolute Gasteiger partial charge is 0.247 e. The molecule has 1 N–H and O–H groups in total. The van der Waals surface area contributed by atoms with E-state index in [1.54, 1.807) is 4.90 Å². The molecule has 0 saturated carbocycles. The largest absolute Gasteiger partial charge is 0.323 e. The summed E-state index contributed by atoms with van der Waals surface area (Å²) in [6, 6.07) is 25.4. The van der Waals surface area contributed by atoms with Gasteiger partial charge in [-0.15, -0.1) is 0 Å². The molecule has 3 aromatic carbocycles. The number of nitrogens with zero attached hydrogens (tertiary/aromatic N) is 1. The van der Waals surface area contributed by atoms with Crippen LogP contribution in [0, 0.1) is 0 Å². The fraction of sp³-hybridized carbons (Fsp3) is 0.0909. The summed E-state index contributed by atoms with van der Waals surface area (Å²) in [7, 11) is 0. The molecule has 0 saturated heterocycles. The van der Waals surface area contributed by atoms with Gasteiger partial charge in [0.15, 0.2) is 0 Å². The number of carbonyl (C=O) groups excluding carboxylic acids is 2. The molecule has 0 fully saturated rings. The summed E-state index contributed by atoms with van der Waals surface area (Å²) in [4.78, 5) is 27.6. The van der Waals surface area contributed by atoms with Crippen molar-refractivity contribution in [2.24, 2.45) is 0 Å². The third-order valence-corrected chi connectivity index (χ3v) is 5.27. The molecule has 0 bridgehead atoms. The van der Waals surface area contributed by atoms with Crippen LogP contribution in [0.5, 0.6) is 0 Å². The predicted octanol–water partition coefficient (Wildman–Crippen LogP) is 3.32. The molecule has 3 aromatic rings. The van der Waals surface area contributed by atoms with Crippen molar-refractivity contribution in [3.8, 4) is 0 Å². The third-order valence-electron chi connectivity index (χ3n) is 5.27. The second kappa shape index (κ2) is 5.30. The number of rotatable bonds is 2. The Hall–Kier alpha value is -3.40. The lowest BCUT2D eigenvalue weighted by atomic mass is 9.70. The minimum Gasteiger partial charge on any atom is -0.323 e. The van der Waals surface area contributed by atoms with Crippen molar-refractivity contribution in [3.63, 3.8) is 0 Å². The molecule has 4 nitrogen and oxygen atoms in total. The molecule has 126 valence electrons. The zero-order valence-electron chi connectivity index (χ0n) is 14.0. The Kier molecular flexibility index (Phi) is 3.04. The van der Waals surface area contributed by atoms with Gasteiger partial charge < -0.3 is 5.32 Å². The predicted molar refractivity (Wildman–Crippen MR) is 100 cm³/mol. The van der Waals surface area contributed by atoms with Gasteiger partial charge >= 0.3 is 0 Å². The molecule has 0 radical (unpaired) electrons. The van der Waals surface area contributed by atoms with Crippen LogP contribution >= 0.6 is 0 Å². The van der Waals surface area contributed by atoms with E-state index >= 15 is 0 Å². The molecule has 5 rings (SSSR count). The van der Waals surface area contributed by atoms with Crippen molar-refractivity contribution in [2.45, 2.75) is 5.41 Å². The van der Waals surface area contributed by atoms with E-state index in [4.69, 9.17) is 0 Å². The van der Waals surface area contributed by atoms with Gasteiger partial charge in [0.25, 0.3) is 0 Å². The fourth-order valence-electron chi connectivity index (χ4n) is 4.24. The topological polar surface area (TPSA) is 49.4 Å². The van der Waals surface area contributed by atoms with E-state index in [1.807, 2.05) is 78.9 Å². The summed E-state index contributed by atoms with van der Waals surface area (Å²) in [5.74, 6) is -0.243. The quantitative estimate of drug-likeness (QED) is 0.778. The Morgan fingerprint density at radius 1 is 0.769 bits per heavy atom. The Balaban J connectivity index is 1.90. The lowest BCUT2D eigenvalue weighted by Crippen LogP contribution is -2.46. The maximum Gasteiger partial charge on any atom is 0.247 e. The van der Waals surface area contributed by atoms with Gasteiger partial charge in [0.1, 0.15) is 12.0 Å². The van der Waals surface area contributed by atoms with Crippen LogP contribution in [-0.2, 0) is 15.0 Å². The second-order valence-corrected chi connectivity index (χ2v) is 6.62. The zero-order chi connectivity index (χ0) is 17.7. The molecule has 2 aliphatic rings. The molecular weight excluding hydrogens is 324 g/mol. The van der Waals surface area contributed by atoms with Gasteiger partial charge in [0, 0.05) is 5.56 Å². The van der Waals surface area contributed by atoms with Crippen LogP contribution in [-0.4, -0.2) is 18.4 Å². The molecule has 4 heteroatoms. The van der Waals surface area contributed by atoms with E-state index in [9.17, 15) is 9.59 Å². The lowest BCUT2D eigenvalue weighted by Gasteiger charge is -2.30. The molecule has 0 unspecified atom stereocenters. The summed E-state index contributed by atoms with van der Waals surface area (Å²) in [5.41, 5.74) is 3.29. The standard InChI is InChI=1S/C22H16N2O2/c25-19-14-24-20-17(12-7-13-18(20)23-19)22(21(24)26,15-8-3-1-4-9-15)16-10-5-2-6-11-16/h1-13H,14H2,(H,23,25). The van der Waals surface area contributed by atoms with Gasteiger partial charge in [0.05, 0.1) is 11.4 Å². The number of benzene rings is 3. The molecule has 0 spiro atoms. The molecule has 2 aliphatic heterocycles. The normalized spacial score (nSPS) is 17.0. The van der Waals surface area contributed by atoms with Crippen LogP contribution in [0.15, 0.2) is 78.9 Å². The van der Waals surface area contributed by atoms with Crippen molar-refractivity contribution in [1.29, 1.82) is 0 Å². The first kappa shape index (κ1) is 14.9. The van der Waals surface area contributed by atoms with Gasteiger partial charge in [-0.2, -0.15) is 0 Å². The van der Waals surface area contributed by atoms with Crippen molar-refractivity contribution < 1.29 is 9.59 Å². The SMILES string of the molecule is O=C1CN2C(=O)C(c3ccccc3)(c3ccccc3)c3cccc(c32)N1. The molecule has 0 aromatic heterocycles. The number of hydrogen-bond donors (Lipinski definition) is 1. The molecule has 2 heterocycles. The maximum atomic E-state index is 13.8. The first-order valence-corrected chi connectivity index (χ1v) is 8.59. The fourth-order valence-corrected chi connectivity index (χ4v) is 4.24. The lowest BCUT2D eigenvalue weighted by molar-refractivity contribution is -0.123. The first-order chi connectivity index (χ1) is 12.7. The van der Waals surface area contributed by atoms with Gasteiger partial charge in [0.2, 0.25) is 11.8 Å². The van der Waals surface area contributed by atoms with Crippen LogP contribution < -0.4 is 10.2 Å². The van der Waals surface area contributed by atoms with Crippen molar-refractivity contribution in [1.82, 2.24) is 0 Å². The number of anilines is 2. The Morgan fingerprint density at radius 3 is 2.00 bits per heavy atom. The number of carbonyl (C=O) groups is 2. The number of nitrogens with one attached hydrogen (secondary N) is 1. The number of amides is 2. The summed E-state index contributed by atoms with van der Waals surface area (Å²) >= 11 is 0. The number of hydrogen-bond acceptors (Lipinski definition) is 2. The Morgan fingerprint density at radius 2 is 1.38 bits per heavy atom. The highest BCUT2D eigenvalue weighted by Gasteiger charge is 2.55. The monoisotopic (exact) mass is 340 g/mol. The van der Waals surface area contributed by atoms with Crippen LogP contribution in [0.4, 0.5) is 11.4 Å². The van der Waals surface area contributed by atoms with E-state index in [0.717, 1.165) is 22.4 Å². The van der Waals surface area contributed by atoms with Crippen molar-refractivity contribution >= 4 is 23.2 Å². The van der Waals surface area contributed by atoms with Gasteiger partial charge in [-0.25, -0.2) is 0 Å². The summed E-state index contributed by atoms with van der Waals surface area (Å²) in [5, 5.41) is 2.90. The highest BCUT2D eigenvalue weighted by molar-refractivity contribution is 6.20. The van der Waals surface area contributed by atoms with E-state index in [0.29, 0.717) is 5.69 Å². The minimum atomic E-state index is -0.944. The van der Waals surface area contributed by atoms with Crippen LogP contribution in [0.3, 0.4) is 0 Å². The van der Waals surface area contributed by atoms with E-state index in [2.05, 4.69) is 5.32 Å². The third kappa shape index (κ3) is 1.78. The first-order valence-electron chi connectivity index (χ1n) is 8.59. The van der Waals surface area contributed by atoms with E-state index in [-0.39, 0.29) is 18.4 Å². The maximum absolute atomic E-state index is 13.8. The van der Waals surface area contributed by atoms with Crippen molar-refractivity contribution in [2.75, 3.05) is 16.8 Å². The van der Waals surface area contributed by atoms with Gasteiger partial charge in [-0.1, -0.05) is 72.8 Å². The summed E-state index contributed by atoms with van der Waals surface area (Å²) in [6.45, 7) is 0.0459. The van der Waals surface area contributed by atoms with Crippen molar-refractivity contribution in [3.05, 3.63) is 95.6 Å². The molecule has 0 aliphatic carbocycles. The number of para-hydroxylation sites is 1. The highest BCUT2D eigenvalue weighted by atomic mass is 16.2. The Bertz CT molecular complexity index is 989. The second-order valence-electron chi connectivity index (χ2n) is 6.62. The molecule has 26 heavy (non-hydrogen) atoms. The summed E-state index contributed by atoms with van der Waals surface area (Å²) in [6.07, 6.45) is 0. The van der Waals surface area contributed by atoms with Gasteiger partial charge in [-0.3, -0.25) is 14.5 Å². The average molecular weight is 340 g/mol. The minimum absolute atomic E-state index is 0.0459. The molecule has 0 atom stereocenters. The van der Waals surface area contributed by atoms with Crippen LogP contribution in [0.25, 0.3) is 0 Å². The summed E-state index contributed by atoms with van der Waals surface area (Å²) < 4.78 is 0. The van der Waals surface area contributed by atoms with Crippen LogP contribution in [0.1, 0.15) is 16.7 Å². The zero-order valence-corrected chi connectivity index (χ0v) is 14.0. The van der Waals surface area contributed by atoms with E-state index in [1.165, 1.54) is 0 Å².